The second-order valence-corrected chi connectivity index (χ2v) is 25.8. The fourth-order valence-corrected chi connectivity index (χ4v) is 13.3. The number of piperidine rings is 4. The lowest BCUT2D eigenvalue weighted by Gasteiger charge is -2.32. The average molecular weight is 1520 g/mol. The largest absolute Gasteiger partial charge is 0.497 e. The van der Waals surface area contributed by atoms with Crippen molar-refractivity contribution in [1.82, 2.24) is 41.2 Å². The van der Waals surface area contributed by atoms with E-state index in [1.807, 2.05) is 0 Å². The Morgan fingerprint density at radius 1 is 0.385 bits per heavy atom. The maximum atomic E-state index is 14.5. The molecule has 109 heavy (non-hydrogen) atoms. The number of carboxylic acids is 1. The number of hydrogen-bond donors (Lipinski definition) is 6. The lowest BCUT2D eigenvalue weighted by atomic mass is 9.77. The first-order valence-corrected chi connectivity index (χ1v) is 34.0. The summed E-state index contributed by atoms with van der Waals surface area (Å²) in [5.74, 6) is -14.2. The Morgan fingerprint density at radius 2 is 0.606 bits per heavy atom. The predicted octanol–water partition coefficient (Wildman–Crippen LogP) is 10.5. The van der Waals surface area contributed by atoms with Gasteiger partial charge in [0.1, 0.15) is 86.9 Å². The van der Waals surface area contributed by atoms with E-state index in [1.165, 1.54) is 28.4 Å². The van der Waals surface area contributed by atoms with Crippen LogP contribution in [-0.4, -0.2) is 127 Å². The van der Waals surface area contributed by atoms with Gasteiger partial charge in [0.15, 0.2) is 0 Å². The second-order valence-electron chi connectivity index (χ2n) is 25.8. The minimum absolute atomic E-state index is 0. The van der Waals surface area contributed by atoms with Crippen molar-refractivity contribution >= 4 is 52.6 Å². The van der Waals surface area contributed by atoms with Gasteiger partial charge in [-0.3, -0.25) is 63.0 Å². The van der Waals surface area contributed by atoms with Crippen LogP contribution in [0.1, 0.15) is 108 Å². The van der Waals surface area contributed by atoms with Crippen LogP contribution in [0, 0.1) is 70.2 Å². The highest BCUT2D eigenvalue weighted by molar-refractivity contribution is 5.85. The molecule has 0 saturated carbocycles. The van der Waals surface area contributed by atoms with Gasteiger partial charge in [-0.1, -0.05) is 0 Å². The van der Waals surface area contributed by atoms with Gasteiger partial charge in [0, 0.05) is 240 Å². The number of anilines is 1. The van der Waals surface area contributed by atoms with Crippen LogP contribution in [0.2, 0.25) is 0 Å². The van der Waals surface area contributed by atoms with Crippen LogP contribution in [0.5, 0.6) is 23.0 Å². The first-order chi connectivity index (χ1) is 51.7. The number of carboxylic acid groups (broad SMARTS) is 1. The van der Waals surface area contributed by atoms with Gasteiger partial charge in [0.25, 0.3) is 0 Å². The van der Waals surface area contributed by atoms with Crippen LogP contribution >= 0.6 is 0 Å². The molecule has 0 aliphatic carbocycles. The maximum absolute atomic E-state index is 14.5. The fourth-order valence-electron chi connectivity index (χ4n) is 13.3. The molecule has 4 saturated heterocycles. The normalized spacial score (nSPS) is 19.1. The maximum Gasteiger partial charge on any atom is 0.308 e. The van der Waals surface area contributed by atoms with Crippen molar-refractivity contribution < 1.29 is 102 Å². The van der Waals surface area contributed by atoms with Crippen molar-refractivity contribution in [3.8, 4) is 23.0 Å². The third-order valence-corrected chi connectivity index (χ3v) is 18.6. The van der Waals surface area contributed by atoms with Gasteiger partial charge in [-0.15, -0.1) is 0 Å². The molecule has 22 nitrogen and oxygen atoms in total. The molecule has 0 radical (unpaired) electrons. The number of halogens is 9. The average Bonchev–Trinajstić information content (AvgIpc) is 0.812. The highest BCUT2D eigenvalue weighted by Gasteiger charge is 2.41. The summed E-state index contributed by atoms with van der Waals surface area (Å²) in [6, 6.07) is 22.5. The number of nitrogens with one attached hydrogen (secondary N) is 4. The van der Waals surface area contributed by atoms with Crippen molar-refractivity contribution in [2.45, 2.75) is 87.9 Å². The number of aromatic nitrogens is 4. The highest BCUT2D eigenvalue weighted by atomic mass is 19.2. The third-order valence-electron chi connectivity index (χ3n) is 18.6. The first-order valence-electron chi connectivity index (χ1n) is 34.0. The van der Waals surface area contributed by atoms with Gasteiger partial charge < -0.3 is 51.1 Å². The van der Waals surface area contributed by atoms with E-state index in [0.717, 1.165) is 70.9 Å². The molecule has 7 N–H and O–H groups in total. The van der Waals surface area contributed by atoms with E-state index < -0.39 is 88.0 Å². The van der Waals surface area contributed by atoms with Crippen LogP contribution in [0.15, 0.2) is 147 Å². The zero-order valence-electron chi connectivity index (χ0n) is 59.5. The topological polar surface area (TPSA) is 319 Å². The summed E-state index contributed by atoms with van der Waals surface area (Å²) < 4.78 is 135. The summed E-state index contributed by atoms with van der Waals surface area (Å²) in [6.07, 6.45) is 13.5. The Hall–Kier alpha value is -11.8. The van der Waals surface area contributed by atoms with E-state index >= 15 is 0 Å². The lowest BCUT2D eigenvalue weighted by Crippen LogP contribution is -2.43. The Morgan fingerprint density at radius 3 is 0.826 bits per heavy atom. The monoisotopic (exact) mass is 1520 g/mol. The van der Waals surface area contributed by atoms with E-state index in [0.29, 0.717) is 0 Å². The number of carbonyl (C=O) groups is 8. The summed E-state index contributed by atoms with van der Waals surface area (Å²) >= 11 is 0. The van der Waals surface area contributed by atoms with E-state index in [4.69, 9.17) is 29.8 Å². The molecule has 31 heteroatoms. The van der Waals surface area contributed by atoms with Gasteiger partial charge >= 0.3 is 5.97 Å². The molecule has 4 aromatic heterocycles. The number of benzene rings is 4. The second kappa shape index (κ2) is 40.8. The zero-order valence-corrected chi connectivity index (χ0v) is 59.5. The third kappa shape index (κ3) is 24.1. The minimum atomic E-state index is -1.20. The van der Waals surface area contributed by atoms with E-state index in [1.54, 1.807) is 98.1 Å². The number of pyridine rings is 4. The summed E-state index contributed by atoms with van der Waals surface area (Å²) in [7, 11) is 5.23. The molecule has 0 bridgehead atoms. The number of hydrogen-bond acceptors (Lipinski definition) is 17. The van der Waals surface area contributed by atoms with E-state index in [2.05, 4.69) is 41.2 Å². The molecular formula is C78H80F9N9O13. The molecular weight excluding hydrogens is 1440 g/mol. The van der Waals surface area contributed by atoms with Crippen LogP contribution in [0.25, 0.3) is 0 Å². The fraction of sp³-hybridized carbons (Fsp3) is 0.333. The molecule has 4 aliphatic rings. The number of methoxy groups -OCH3 is 4. The Bertz CT molecular complexity index is 4040. The van der Waals surface area contributed by atoms with Gasteiger partial charge in [0.2, 0.25) is 23.6 Å². The molecule has 578 valence electrons. The first kappa shape index (κ1) is 84.5. The van der Waals surface area contributed by atoms with Gasteiger partial charge in [-0.05, 0) is 83.0 Å². The molecule has 12 rings (SSSR count). The Balaban J connectivity index is 0.000000196. The standard InChI is InChI=1S/3C20H20F2N2O3.C13H13F2NO4.C5H6N2.FH/c3*1-27-15-8-17(21)20(18(22)9-15)16-10-19(26)24-11-13(16)7-14(25)6-12-2-4-23-5-3-12;1-20-6-2-9(14)12(10(15)3-6)7-4-11(17)16-5-8(7)13(18)19;6-5-1-3-7-4-2-5;/h3*2-5,8-9,13,16H,6-7,10-11H2,1H3,(H,24,26);2-3,7-8H,4-5H2,1H3,(H,16,17)(H,18,19);1-4H,(H2,6,7);1H/t13-,16?;;;7?,8-;;/m1..1../s1. The zero-order chi connectivity index (χ0) is 78.1. The number of nitrogen functional groups attached to an aromatic ring is 1. The molecule has 8 heterocycles. The number of aliphatic carboxylic acids is 1. The number of amides is 4. The number of rotatable bonds is 21. The highest BCUT2D eigenvalue weighted by Crippen LogP contribution is 2.42. The molecule has 6 unspecified atom stereocenters. The van der Waals surface area contributed by atoms with Crippen LogP contribution in [0.3, 0.4) is 0 Å². The summed E-state index contributed by atoms with van der Waals surface area (Å²) in [4.78, 5) is 111. The quantitative estimate of drug-likeness (QED) is 0.0364. The molecule has 4 aliphatic heterocycles. The van der Waals surface area contributed by atoms with Crippen molar-refractivity contribution in [3.05, 3.63) is 232 Å². The molecule has 4 fully saturated rings. The number of nitrogens with zero attached hydrogens (tertiary/aromatic N) is 4. The number of nitrogens with two attached hydrogens (primary N) is 1. The van der Waals surface area contributed by atoms with Gasteiger partial charge in [0.05, 0.1) is 34.4 Å². The van der Waals surface area contributed by atoms with E-state index in [-0.39, 0.29) is 193 Å². The van der Waals surface area contributed by atoms with Gasteiger partial charge in [-0.25, -0.2) is 35.1 Å². The Labute approximate surface area is 620 Å². The molecule has 4 aromatic carbocycles. The molecule has 4 amide bonds. The predicted molar refractivity (Wildman–Crippen MR) is 379 cm³/mol. The SMILES string of the molecule is COc1cc(F)c(C2CC(=O)NCC2CC(=O)Cc2ccncc2)c(F)c1.COc1cc(F)c(C2CC(=O)NCC2CC(=O)Cc2ccncc2)c(F)c1.COc1cc(F)c(C2CC(=O)NC[C@H]2C(=O)O)c(F)c1.COc1cc(F)c(C2CC(=O)NC[C@H]2CC(=O)Cc2ccncc2)c(F)c1.F.Nc1ccncc1. The van der Waals surface area contributed by atoms with Crippen molar-refractivity contribution in [1.29, 1.82) is 0 Å². The van der Waals surface area contributed by atoms with E-state index in [9.17, 15) is 73.5 Å². The van der Waals surface area contributed by atoms with Crippen molar-refractivity contribution in [2.75, 3.05) is 60.4 Å². The number of Topliss-reactive ketones (excluding diaryl/α,β-unsaturated/α-hetero) is 3. The van der Waals surface area contributed by atoms with Gasteiger partial charge in [-0.2, -0.15) is 0 Å². The summed E-state index contributed by atoms with van der Waals surface area (Å²) in [6.45, 7) is 0.466. The molecule has 8 aromatic rings. The van der Waals surface area contributed by atoms with Crippen molar-refractivity contribution in [3.63, 3.8) is 0 Å². The summed E-state index contributed by atoms with van der Waals surface area (Å²) in [5.41, 5.74) is 7.70. The number of ether oxygens (including phenoxy) is 4. The number of carbonyl (C=O) groups excluding carboxylic acids is 7. The van der Waals surface area contributed by atoms with Crippen molar-refractivity contribution in [2.24, 2.45) is 23.7 Å². The molecule has 8 atom stereocenters. The van der Waals surface area contributed by atoms with Crippen LogP contribution < -0.4 is 45.9 Å². The van der Waals surface area contributed by atoms with Crippen LogP contribution in [0.4, 0.5) is 45.5 Å². The smallest absolute Gasteiger partial charge is 0.308 e. The number of ketones is 3. The summed E-state index contributed by atoms with van der Waals surface area (Å²) in [5, 5.41) is 19.6. The minimum Gasteiger partial charge on any atom is -0.497 e. The molecule has 0 spiro atoms. The lowest BCUT2D eigenvalue weighted by molar-refractivity contribution is -0.144. The van der Waals surface area contributed by atoms with Crippen LogP contribution in [-0.2, 0) is 57.6 Å². The Kier molecular flexibility index (Phi) is 31.6.